The van der Waals surface area contributed by atoms with Crippen molar-refractivity contribution in [3.63, 3.8) is 0 Å². The molecule has 2 rings (SSSR count). The van der Waals surface area contributed by atoms with E-state index in [1.807, 2.05) is 0 Å². The van der Waals surface area contributed by atoms with Crippen molar-refractivity contribution in [2.24, 2.45) is 5.41 Å². The number of benzene rings is 1. The third-order valence-electron chi connectivity index (χ3n) is 4.83. The molecule has 1 aromatic carbocycles. The van der Waals surface area contributed by atoms with Gasteiger partial charge in [0.25, 0.3) is 0 Å². The second-order valence-electron chi connectivity index (χ2n) is 6.69. The van der Waals surface area contributed by atoms with E-state index in [9.17, 15) is 0 Å². The number of piperidine rings is 1. The van der Waals surface area contributed by atoms with E-state index in [0.29, 0.717) is 18.5 Å². The predicted molar refractivity (Wildman–Crippen MR) is 86.8 cm³/mol. The fraction of sp³-hybridized carbons (Fsp3) is 0.611. The van der Waals surface area contributed by atoms with E-state index < -0.39 is 0 Å². The van der Waals surface area contributed by atoms with Crippen LogP contribution in [0.5, 0.6) is 0 Å². The zero-order valence-electron chi connectivity index (χ0n) is 13.5. The van der Waals surface area contributed by atoms with Gasteiger partial charge in [-0.2, -0.15) is 5.26 Å². The second kappa shape index (κ2) is 7.06. The monoisotopic (exact) mass is 285 g/mol. The predicted octanol–water partition coefficient (Wildman–Crippen LogP) is 3.35. The largest absolute Gasteiger partial charge is 0.307 e. The number of hydrogen-bond acceptors (Lipinski definition) is 3. The summed E-state index contributed by atoms with van der Waals surface area (Å²) in [6, 6.07) is 13.7. The van der Waals surface area contributed by atoms with Crippen LogP contribution in [0.3, 0.4) is 0 Å². The first-order chi connectivity index (χ1) is 10.0. The quantitative estimate of drug-likeness (QED) is 0.901. The molecule has 1 heterocycles. The lowest BCUT2D eigenvalue weighted by Gasteiger charge is -2.46. The standard InChI is InChI=1S/C18H27N3/c1-15(16-8-5-4-6-9-16)20-17-10-13-21(3)14-18(17,2)11-7-12-19/h4-6,8-9,15,17,20H,7,10-11,13-14H2,1-3H3. The molecule has 1 aliphatic rings. The highest BCUT2D eigenvalue weighted by molar-refractivity contribution is 5.18. The van der Waals surface area contributed by atoms with Gasteiger partial charge in [0, 0.05) is 25.0 Å². The van der Waals surface area contributed by atoms with Crippen molar-refractivity contribution in [1.82, 2.24) is 10.2 Å². The maximum Gasteiger partial charge on any atom is 0.0621 e. The first kappa shape index (κ1) is 16.0. The van der Waals surface area contributed by atoms with E-state index in [-0.39, 0.29) is 5.41 Å². The molecule has 1 aliphatic heterocycles. The normalized spacial score (nSPS) is 28.0. The van der Waals surface area contributed by atoms with Crippen LogP contribution in [0.4, 0.5) is 0 Å². The molecule has 3 atom stereocenters. The smallest absolute Gasteiger partial charge is 0.0621 e. The van der Waals surface area contributed by atoms with Crippen LogP contribution in [-0.4, -0.2) is 31.1 Å². The van der Waals surface area contributed by atoms with E-state index in [2.05, 4.69) is 67.5 Å². The van der Waals surface area contributed by atoms with Crippen LogP contribution in [0.1, 0.15) is 44.7 Å². The molecule has 0 saturated carbocycles. The minimum atomic E-state index is 0.172. The third-order valence-corrected chi connectivity index (χ3v) is 4.83. The fourth-order valence-electron chi connectivity index (χ4n) is 3.52. The molecule has 114 valence electrons. The maximum absolute atomic E-state index is 8.94. The Morgan fingerprint density at radius 1 is 1.43 bits per heavy atom. The second-order valence-corrected chi connectivity index (χ2v) is 6.69. The van der Waals surface area contributed by atoms with Gasteiger partial charge in [-0.25, -0.2) is 0 Å². The zero-order chi connectivity index (χ0) is 15.3. The van der Waals surface area contributed by atoms with E-state index in [0.717, 1.165) is 25.9 Å². The molecule has 21 heavy (non-hydrogen) atoms. The van der Waals surface area contributed by atoms with Crippen molar-refractivity contribution in [1.29, 1.82) is 5.26 Å². The molecule has 0 radical (unpaired) electrons. The lowest BCUT2D eigenvalue weighted by Crippen LogP contribution is -2.55. The Kier molecular flexibility index (Phi) is 5.39. The summed E-state index contributed by atoms with van der Waals surface area (Å²) < 4.78 is 0. The van der Waals surface area contributed by atoms with E-state index in [1.165, 1.54) is 5.56 Å². The minimum Gasteiger partial charge on any atom is -0.307 e. The van der Waals surface area contributed by atoms with Crippen molar-refractivity contribution in [3.05, 3.63) is 35.9 Å². The van der Waals surface area contributed by atoms with Gasteiger partial charge in [0.2, 0.25) is 0 Å². The Balaban J connectivity index is 2.07. The minimum absolute atomic E-state index is 0.172. The van der Waals surface area contributed by atoms with E-state index >= 15 is 0 Å². The Morgan fingerprint density at radius 2 is 2.14 bits per heavy atom. The summed E-state index contributed by atoms with van der Waals surface area (Å²) in [6.45, 7) is 6.75. The Bertz CT molecular complexity index is 479. The average molecular weight is 285 g/mol. The average Bonchev–Trinajstić information content (AvgIpc) is 2.49. The number of nitrogens with one attached hydrogen (secondary N) is 1. The van der Waals surface area contributed by atoms with Gasteiger partial charge in [-0.15, -0.1) is 0 Å². The molecule has 0 aliphatic carbocycles. The summed E-state index contributed by atoms with van der Waals surface area (Å²) >= 11 is 0. The molecule has 0 aromatic heterocycles. The van der Waals surface area contributed by atoms with Crippen molar-refractivity contribution in [2.75, 3.05) is 20.1 Å². The van der Waals surface area contributed by atoms with Crippen molar-refractivity contribution in [2.45, 2.75) is 45.2 Å². The Hall–Kier alpha value is -1.37. The summed E-state index contributed by atoms with van der Waals surface area (Å²) in [5.41, 5.74) is 1.50. The van der Waals surface area contributed by atoms with Gasteiger partial charge < -0.3 is 10.2 Å². The zero-order valence-corrected chi connectivity index (χ0v) is 13.5. The molecule has 0 spiro atoms. The number of hydrogen-bond donors (Lipinski definition) is 1. The molecule has 3 heteroatoms. The van der Waals surface area contributed by atoms with Crippen LogP contribution in [0, 0.1) is 16.7 Å². The van der Waals surface area contributed by atoms with Crippen LogP contribution in [0.15, 0.2) is 30.3 Å². The molecular weight excluding hydrogens is 258 g/mol. The van der Waals surface area contributed by atoms with Gasteiger partial charge in [-0.05, 0) is 44.3 Å². The molecule has 0 amide bonds. The Labute approximate surface area is 129 Å². The van der Waals surface area contributed by atoms with Gasteiger partial charge in [0.05, 0.1) is 6.07 Å². The topological polar surface area (TPSA) is 39.1 Å². The van der Waals surface area contributed by atoms with Crippen molar-refractivity contribution >= 4 is 0 Å². The summed E-state index contributed by atoms with van der Waals surface area (Å²) in [5.74, 6) is 0. The molecule has 1 fully saturated rings. The van der Waals surface area contributed by atoms with Gasteiger partial charge in [0.1, 0.15) is 0 Å². The summed E-state index contributed by atoms with van der Waals surface area (Å²) in [6.07, 6.45) is 2.75. The molecule has 0 bridgehead atoms. The molecule has 1 aromatic rings. The lowest BCUT2D eigenvalue weighted by molar-refractivity contribution is 0.0682. The van der Waals surface area contributed by atoms with Crippen LogP contribution in [-0.2, 0) is 0 Å². The fourth-order valence-corrected chi connectivity index (χ4v) is 3.52. The highest BCUT2D eigenvalue weighted by Crippen LogP contribution is 2.35. The molecule has 1 saturated heterocycles. The first-order valence-corrected chi connectivity index (χ1v) is 7.91. The van der Waals surface area contributed by atoms with Crippen LogP contribution < -0.4 is 5.32 Å². The first-order valence-electron chi connectivity index (χ1n) is 7.91. The molecule has 3 unspecified atom stereocenters. The highest BCUT2D eigenvalue weighted by atomic mass is 15.1. The maximum atomic E-state index is 8.94. The number of nitrogens with zero attached hydrogens (tertiary/aromatic N) is 2. The number of likely N-dealkylation sites (tertiary alicyclic amines) is 1. The van der Waals surface area contributed by atoms with Gasteiger partial charge in [-0.1, -0.05) is 37.3 Å². The highest BCUT2D eigenvalue weighted by Gasteiger charge is 2.38. The van der Waals surface area contributed by atoms with Crippen LogP contribution >= 0.6 is 0 Å². The van der Waals surface area contributed by atoms with Gasteiger partial charge in [-0.3, -0.25) is 0 Å². The van der Waals surface area contributed by atoms with Crippen LogP contribution in [0.2, 0.25) is 0 Å². The van der Waals surface area contributed by atoms with Crippen molar-refractivity contribution in [3.8, 4) is 6.07 Å². The molecule has 1 N–H and O–H groups in total. The number of rotatable bonds is 5. The van der Waals surface area contributed by atoms with E-state index in [4.69, 9.17) is 5.26 Å². The summed E-state index contributed by atoms with van der Waals surface area (Å²) in [4.78, 5) is 2.39. The lowest BCUT2D eigenvalue weighted by atomic mass is 9.73. The third kappa shape index (κ3) is 4.06. The van der Waals surface area contributed by atoms with Crippen molar-refractivity contribution < 1.29 is 0 Å². The molecular formula is C18H27N3. The van der Waals surface area contributed by atoms with Gasteiger partial charge in [0.15, 0.2) is 0 Å². The molecule has 3 nitrogen and oxygen atoms in total. The van der Waals surface area contributed by atoms with Crippen LogP contribution in [0.25, 0.3) is 0 Å². The SMILES string of the molecule is CC(NC1CCN(C)CC1(C)CCC#N)c1ccccc1. The number of nitriles is 1. The Morgan fingerprint density at radius 3 is 2.81 bits per heavy atom. The van der Waals surface area contributed by atoms with Gasteiger partial charge >= 0.3 is 0 Å². The van der Waals surface area contributed by atoms with E-state index in [1.54, 1.807) is 0 Å². The summed E-state index contributed by atoms with van der Waals surface area (Å²) in [5, 5.41) is 12.8. The summed E-state index contributed by atoms with van der Waals surface area (Å²) in [7, 11) is 2.18.